The van der Waals surface area contributed by atoms with E-state index in [4.69, 9.17) is 4.74 Å². The van der Waals surface area contributed by atoms with E-state index in [1.54, 1.807) is 24.4 Å². The number of aliphatic hydroxyl groups is 1. The maximum atomic E-state index is 11.4. The molecule has 2 aromatic rings. The first-order valence-corrected chi connectivity index (χ1v) is 6.83. The third-order valence-corrected chi connectivity index (χ3v) is 3.74. The standard InChI is InChI=1S/C14H17N3O4/c18-13(19)11-12(16-10-3-1-2-6-17(10)11)15-9-14(20)4-7-21-8-5-14/h1-3,6,15,20H,4-5,7-9H2,(H,18,19). The Bertz CT molecular complexity index is 661. The van der Waals surface area contributed by atoms with Crippen LogP contribution < -0.4 is 5.32 Å². The van der Waals surface area contributed by atoms with Crippen LogP contribution in [0.5, 0.6) is 0 Å². The van der Waals surface area contributed by atoms with Crippen molar-refractivity contribution in [3.05, 3.63) is 30.1 Å². The summed E-state index contributed by atoms with van der Waals surface area (Å²) in [7, 11) is 0. The summed E-state index contributed by atoms with van der Waals surface area (Å²) in [5.74, 6) is -0.788. The van der Waals surface area contributed by atoms with Crippen LogP contribution in [-0.2, 0) is 4.74 Å². The van der Waals surface area contributed by atoms with E-state index in [2.05, 4.69) is 10.3 Å². The van der Waals surface area contributed by atoms with Gasteiger partial charge in [0.2, 0.25) is 0 Å². The number of aromatic carboxylic acids is 1. The number of hydrogen-bond acceptors (Lipinski definition) is 5. The lowest BCUT2D eigenvalue weighted by molar-refractivity contribution is -0.0544. The molecule has 0 unspecified atom stereocenters. The summed E-state index contributed by atoms with van der Waals surface area (Å²) >= 11 is 0. The number of nitrogens with zero attached hydrogens (tertiary/aromatic N) is 2. The topological polar surface area (TPSA) is 96.1 Å². The quantitative estimate of drug-likeness (QED) is 0.777. The number of ether oxygens (including phenoxy) is 1. The predicted molar refractivity (Wildman–Crippen MR) is 75.6 cm³/mol. The van der Waals surface area contributed by atoms with E-state index in [0.717, 1.165) is 0 Å². The van der Waals surface area contributed by atoms with Crippen LogP contribution in [-0.4, -0.2) is 50.9 Å². The molecule has 7 heteroatoms. The highest BCUT2D eigenvalue weighted by molar-refractivity contribution is 5.92. The van der Waals surface area contributed by atoms with Crippen molar-refractivity contribution >= 4 is 17.4 Å². The smallest absolute Gasteiger partial charge is 0.356 e. The molecule has 7 nitrogen and oxygen atoms in total. The molecular formula is C14H17N3O4. The lowest BCUT2D eigenvalue weighted by Gasteiger charge is -2.32. The van der Waals surface area contributed by atoms with Crippen molar-refractivity contribution in [2.45, 2.75) is 18.4 Å². The third-order valence-electron chi connectivity index (χ3n) is 3.74. The summed E-state index contributed by atoms with van der Waals surface area (Å²) in [6.45, 7) is 1.27. The number of imidazole rings is 1. The number of carbonyl (C=O) groups is 1. The zero-order chi connectivity index (χ0) is 14.9. The second kappa shape index (κ2) is 5.34. The zero-order valence-electron chi connectivity index (χ0n) is 11.5. The van der Waals surface area contributed by atoms with Crippen LogP contribution in [0.25, 0.3) is 5.65 Å². The molecule has 1 aliphatic heterocycles. The molecule has 0 amide bonds. The first kappa shape index (κ1) is 13.8. The predicted octanol–water partition coefficient (Wildman–Crippen LogP) is 0.986. The minimum absolute atomic E-state index is 0.0706. The molecule has 1 fully saturated rings. The van der Waals surface area contributed by atoms with Crippen LogP contribution in [0, 0.1) is 0 Å². The van der Waals surface area contributed by atoms with Crippen molar-refractivity contribution in [3.63, 3.8) is 0 Å². The molecule has 112 valence electrons. The van der Waals surface area contributed by atoms with Gasteiger partial charge >= 0.3 is 5.97 Å². The van der Waals surface area contributed by atoms with E-state index in [-0.39, 0.29) is 18.1 Å². The average molecular weight is 291 g/mol. The molecule has 0 bridgehead atoms. The Morgan fingerprint density at radius 2 is 2.19 bits per heavy atom. The van der Waals surface area contributed by atoms with Gasteiger partial charge in [-0.05, 0) is 12.1 Å². The van der Waals surface area contributed by atoms with Gasteiger partial charge in [0.25, 0.3) is 0 Å². The van der Waals surface area contributed by atoms with Gasteiger partial charge in [0.05, 0.1) is 5.60 Å². The summed E-state index contributed by atoms with van der Waals surface area (Å²) in [5.41, 5.74) is -0.262. The molecule has 3 N–H and O–H groups in total. The van der Waals surface area contributed by atoms with E-state index < -0.39 is 11.6 Å². The Balaban J connectivity index is 1.86. The molecule has 1 saturated heterocycles. The lowest BCUT2D eigenvalue weighted by atomic mass is 9.94. The van der Waals surface area contributed by atoms with Gasteiger partial charge in [-0.15, -0.1) is 0 Å². The fraction of sp³-hybridized carbons (Fsp3) is 0.429. The van der Waals surface area contributed by atoms with Crippen molar-refractivity contribution in [2.24, 2.45) is 0 Å². The monoisotopic (exact) mass is 291 g/mol. The van der Waals surface area contributed by atoms with E-state index in [1.165, 1.54) is 4.40 Å². The van der Waals surface area contributed by atoms with Gasteiger partial charge in [-0.1, -0.05) is 6.07 Å². The minimum Gasteiger partial charge on any atom is -0.476 e. The van der Waals surface area contributed by atoms with Gasteiger partial charge in [0.15, 0.2) is 11.5 Å². The maximum absolute atomic E-state index is 11.4. The number of pyridine rings is 1. The van der Waals surface area contributed by atoms with E-state index in [0.29, 0.717) is 31.7 Å². The molecule has 0 aromatic carbocycles. The fourth-order valence-electron chi connectivity index (χ4n) is 2.50. The summed E-state index contributed by atoms with van der Waals surface area (Å²) in [6, 6.07) is 5.28. The number of nitrogens with one attached hydrogen (secondary N) is 1. The highest BCUT2D eigenvalue weighted by Crippen LogP contribution is 2.23. The van der Waals surface area contributed by atoms with Gasteiger partial charge in [0, 0.05) is 38.8 Å². The summed E-state index contributed by atoms with van der Waals surface area (Å²) < 4.78 is 6.74. The lowest BCUT2D eigenvalue weighted by Crippen LogP contribution is -2.42. The Kier molecular flexibility index (Phi) is 3.52. The number of rotatable bonds is 4. The van der Waals surface area contributed by atoms with Crippen LogP contribution >= 0.6 is 0 Å². The minimum atomic E-state index is -1.06. The molecule has 2 aromatic heterocycles. The summed E-state index contributed by atoms with van der Waals surface area (Å²) in [6.07, 6.45) is 2.70. The SMILES string of the molecule is O=C(O)c1c(NCC2(O)CCOCC2)nc2ccccn12. The molecule has 0 radical (unpaired) electrons. The number of anilines is 1. The molecule has 21 heavy (non-hydrogen) atoms. The number of carboxylic acid groups (broad SMARTS) is 1. The third kappa shape index (κ3) is 2.70. The van der Waals surface area contributed by atoms with Crippen molar-refractivity contribution in [1.29, 1.82) is 0 Å². The Labute approximate surface area is 121 Å². The van der Waals surface area contributed by atoms with E-state index in [9.17, 15) is 15.0 Å². The van der Waals surface area contributed by atoms with E-state index >= 15 is 0 Å². The van der Waals surface area contributed by atoms with Crippen molar-refractivity contribution < 1.29 is 19.7 Å². The molecular weight excluding hydrogens is 274 g/mol. The van der Waals surface area contributed by atoms with Crippen molar-refractivity contribution in [3.8, 4) is 0 Å². The summed E-state index contributed by atoms with van der Waals surface area (Å²) in [5, 5.41) is 22.8. The van der Waals surface area contributed by atoms with Crippen LogP contribution in [0.4, 0.5) is 5.82 Å². The second-order valence-corrected chi connectivity index (χ2v) is 5.23. The van der Waals surface area contributed by atoms with E-state index in [1.807, 2.05) is 0 Å². The molecule has 3 rings (SSSR count). The first-order valence-electron chi connectivity index (χ1n) is 6.83. The second-order valence-electron chi connectivity index (χ2n) is 5.23. The van der Waals surface area contributed by atoms with Gasteiger partial charge in [-0.25, -0.2) is 9.78 Å². The van der Waals surface area contributed by atoms with Gasteiger partial charge < -0.3 is 20.3 Å². The molecule has 3 heterocycles. The Morgan fingerprint density at radius 3 is 2.90 bits per heavy atom. The Morgan fingerprint density at radius 1 is 1.43 bits per heavy atom. The fourth-order valence-corrected chi connectivity index (χ4v) is 2.50. The highest BCUT2D eigenvalue weighted by Gasteiger charge is 2.30. The normalized spacial score (nSPS) is 17.8. The largest absolute Gasteiger partial charge is 0.476 e. The molecule has 0 atom stereocenters. The van der Waals surface area contributed by atoms with Crippen LogP contribution in [0.2, 0.25) is 0 Å². The van der Waals surface area contributed by atoms with Crippen LogP contribution in [0.1, 0.15) is 23.3 Å². The number of fused-ring (bicyclic) bond motifs is 1. The van der Waals surface area contributed by atoms with Gasteiger partial charge in [-0.2, -0.15) is 0 Å². The number of aromatic nitrogens is 2. The highest BCUT2D eigenvalue weighted by atomic mass is 16.5. The molecule has 1 aliphatic rings. The molecule has 0 saturated carbocycles. The zero-order valence-corrected chi connectivity index (χ0v) is 11.5. The van der Waals surface area contributed by atoms with Crippen LogP contribution in [0.3, 0.4) is 0 Å². The average Bonchev–Trinajstić information content (AvgIpc) is 2.84. The van der Waals surface area contributed by atoms with Gasteiger partial charge in [0.1, 0.15) is 5.65 Å². The van der Waals surface area contributed by atoms with Crippen molar-refractivity contribution in [2.75, 3.05) is 25.1 Å². The molecule has 0 aliphatic carbocycles. The number of hydrogen-bond donors (Lipinski definition) is 3. The van der Waals surface area contributed by atoms with Crippen LogP contribution in [0.15, 0.2) is 24.4 Å². The van der Waals surface area contributed by atoms with Gasteiger partial charge in [-0.3, -0.25) is 4.40 Å². The Hall–Kier alpha value is -2.12. The number of carboxylic acids is 1. The summed E-state index contributed by atoms with van der Waals surface area (Å²) in [4.78, 5) is 15.7. The maximum Gasteiger partial charge on any atom is 0.356 e. The molecule has 0 spiro atoms. The first-order chi connectivity index (χ1) is 10.1. The van der Waals surface area contributed by atoms with Crippen molar-refractivity contribution in [1.82, 2.24) is 9.38 Å².